The van der Waals surface area contributed by atoms with Crippen molar-refractivity contribution in [1.29, 1.82) is 0 Å². The van der Waals surface area contributed by atoms with Gasteiger partial charge >= 0.3 is 0 Å². The minimum atomic E-state index is 0.469. The van der Waals surface area contributed by atoms with Crippen LogP contribution in [0.15, 0.2) is 18.2 Å². The van der Waals surface area contributed by atoms with Gasteiger partial charge in [-0.1, -0.05) is 18.2 Å². The van der Waals surface area contributed by atoms with Gasteiger partial charge in [0.15, 0.2) is 0 Å². The Balaban J connectivity index is 1.96. The highest BCUT2D eigenvalue weighted by Gasteiger charge is 2.18. The van der Waals surface area contributed by atoms with E-state index in [2.05, 4.69) is 32.0 Å². The van der Waals surface area contributed by atoms with E-state index in [0.717, 1.165) is 5.92 Å². The molecule has 1 aliphatic rings. The summed E-state index contributed by atoms with van der Waals surface area (Å²) in [6.07, 6.45) is 6.31. The van der Waals surface area contributed by atoms with E-state index in [1.807, 2.05) is 0 Å². The lowest BCUT2D eigenvalue weighted by Gasteiger charge is -2.26. The topological polar surface area (TPSA) is 26.0 Å². The summed E-state index contributed by atoms with van der Waals surface area (Å²) in [5.41, 5.74) is 10.3. The zero-order valence-corrected chi connectivity index (χ0v) is 10.5. The smallest absolute Gasteiger partial charge is 0.00390 e. The number of rotatable bonds is 2. The Morgan fingerprint density at radius 1 is 1.06 bits per heavy atom. The number of nitrogens with two attached hydrogens (primary N) is 1. The van der Waals surface area contributed by atoms with E-state index in [1.165, 1.54) is 48.8 Å². The van der Waals surface area contributed by atoms with Crippen LogP contribution in [0.3, 0.4) is 0 Å². The third-order valence-electron chi connectivity index (χ3n) is 3.99. The second-order valence-corrected chi connectivity index (χ2v) is 5.40. The molecule has 1 aromatic carbocycles. The van der Waals surface area contributed by atoms with Crippen LogP contribution in [0.5, 0.6) is 0 Å². The molecule has 2 N–H and O–H groups in total. The molecule has 0 amide bonds. The number of aryl methyl sites for hydroxylation is 2. The first-order valence-corrected chi connectivity index (χ1v) is 6.47. The van der Waals surface area contributed by atoms with E-state index >= 15 is 0 Å². The highest BCUT2D eigenvalue weighted by molar-refractivity contribution is 5.30. The average molecular weight is 217 g/mol. The highest BCUT2D eigenvalue weighted by atomic mass is 14.6. The lowest BCUT2D eigenvalue weighted by atomic mass is 9.82. The Kier molecular flexibility index (Phi) is 3.65. The largest absolute Gasteiger partial charge is 0.328 e. The Hall–Kier alpha value is -0.820. The van der Waals surface area contributed by atoms with Crippen molar-refractivity contribution in [1.82, 2.24) is 0 Å². The molecule has 0 aliphatic heterocycles. The normalized spacial score (nSPS) is 25.7. The van der Waals surface area contributed by atoms with Gasteiger partial charge in [-0.25, -0.2) is 0 Å². The summed E-state index contributed by atoms with van der Waals surface area (Å²) in [4.78, 5) is 0. The molecule has 0 saturated heterocycles. The molecule has 16 heavy (non-hydrogen) atoms. The van der Waals surface area contributed by atoms with Gasteiger partial charge in [0.25, 0.3) is 0 Å². The Morgan fingerprint density at radius 3 is 2.38 bits per heavy atom. The van der Waals surface area contributed by atoms with Crippen LogP contribution in [0.25, 0.3) is 0 Å². The Labute approximate surface area is 99.0 Å². The zero-order valence-electron chi connectivity index (χ0n) is 10.5. The maximum Gasteiger partial charge on any atom is 0.00390 e. The average Bonchev–Trinajstić information content (AvgIpc) is 2.27. The van der Waals surface area contributed by atoms with Crippen LogP contribution in [-0.2, 0) is 6.42 Å². The summed E-state index contributed by atoms with van der Waals surface area (Å²) < 4.78 is 0. The molecule has 1 heteroatoms. The number of benzene rings is 1. The monoisotopic (exact) mass is 217 g/mol. The molecule has 1 saturated carbocycles. The molecular formula is C15H23N. The standard InChI is InChI=1S/C15H23N/c1-11-3-4-14(9-12(11)2)10-13-5-7-15(16)8-6-13/h3-4,9,13,15H,5-8,10,16H2,1-2H3. The molecule has 2 rings (SSSR count). The van der Waals surface area contributed by atoms with Crippen molar-refractivity contribution in [2.75, 3.05) is 0 Å². The van der Waals surface area contributed by atoms with Crippen molar-refractivity contribution >= 4 is 0 Å². The summed E-state index contributed by atoms with van der Waals surface area (Å²) in [6, 6.07) is 7.36. The van der Waals surface area contributed by atoms with Gasteiger partial charge in [-0.3, -0.25) is 0 Å². The first-order chi connectivity index (χ1) is 7.65. The quantitative estimate of drug-likeness (QED) is 0.807. The van der Waals surface area contributed by atoms with E-state index in [-0.39, 0.29) is 0 Å². The van der Waals surface area contributed by atoms with E-state index in [1.54, 1.807) is 0 Å². The maximum atomic E-state index is 5.93. The molecule has 0 bridgehead atoms. The molecule has 1 aromatic rings. The van der Waals surface area contributed by atoms with Gasteiger partial charge in [0, 0.05) is 6.04 Å². The fourth-order valence-corrected chi connectivity index (χ4v) is 2.66. The van der Waals surface area contributed by atoms with Gasteiger partial charge in [0.05, 0.1) is 0 Å². The van der Waals surface area contributed by atoms with Crippen molar-refractivity contribution in [2.45, 2.75) is 52.0 Å². The number of hydrogen-bond donors (Lipinski definition) is 1. The predicted octanol–water partition coefficient (Wildman–Crippen LogP) is 3.36. The van der Waals surface area contributed by atoms with E-state index in [4.69, 9.17) is 5.73 Å². The minimum absolute atomic E-state index is 0.469. The zero-order chi connectivity index (χ0) is 11.5. The third-order valence-corrected chi connectivity index (χ3v) is 3.99. The van der Waals surface area contributed by atoms with Crippen molar-refractivity contribution in [2.24, 2.45) is 11.7 Å². The molecule has 0 aromatic heterocycles. The van der Waals surface area contributed by atoms with Crippen LogP contribution < -0.4 is 5.73 Å². The molecule has 0 atom stereocenters. The molecule has 1 aliphatic carbocycles. The highest BCUT2D eigenvalue weighted by Crippen LogP contribution is 2.26. The van der Waals surface area contributed by atoms with Crippen LogP contribution in [0.1, 0.15) is 42.4 Å². The number of hydrogen-bond acceptors (Lipinski definition) is 1. The second kappa shape index (κ2) is 5.01. The van der Waals surface area contributed by atoms with Crippen LogP contribution in [0, 0.1) is 19.8 Å². The predicted molar refractivity (Wildman–Crippen MR) is 69.6 cm³/mol. The molecule has 0 unspecified atom stereocenters. The lowest BCUT2D eigenvalue weighted by Crippen LogP contribution is -2.27. The Morgan fingerprint density at radius 2 is 1.75 bits per heavy atom. The van der Waals surface area contributed by atoms with Gasteiger partial charge in [-0.05, 0) is 68.6 Å². The lowest BCUT2D eigenvalue weighted by molar-refractivity contribution is 0.325. The molecule has 1 nitrogen and oxygen atoms in total. The summed E-state index contributed by atoms with van der Waals surface area (Å²) in [6.45, 7) is 4.38. The molecule has 1 fully saturated rings. The van der Waals surface area contributed by atoms with Crippen LogP contribution in [0.4, 0.5) is 0 Å². The first kappa shape index (κ1) is 11.7. The molecule has 0 radical (unpaired) electrons. The van der Waals surface area contributed by atoms with Gasteiger partial charge in [0.1, 0.15) is 0 Å². The van der Waals surface area contributed by atoms with Crippen LogP contribution >= 0.6 is 0 Å². The van der Waals surface area contributed by atoms with E-state index < -0.39 is 0 Å². The summed E-state index contributed by atoms with van der Waals surface area (Å²) in [5, 5.41) is 0. The first-order valence-electron chi connectivity index (χ1n) is 6.47. The fraction of sp³-hybridized carbons (Fsp3) is 0.600. The molecule has 0 spiro atoms. The van der Waals surface area contributed by atoms with Crippen LogP contribution in [0.2, 0.25) is 0 Å². The van der Waals surface area contributed by atoms with E-state index in [9.17, 15) is 0 Å². The van der Waals surface area contributed by atoms with Gasteiger partial charge < -0.3 is 5.73 Å². The SMILES string of the molecule is Cc1ccc(CC2CCC(N)CC2)cc1C. The van der Waals surface area contributed by atoms with E-state index in [0.29, 0.717) is 6.04 Å². The van der Waals surface area contributed by atoms with Crippen molar-refractivity contribution in [3.05, 3.63) is 34.9 Å². The van der Waals surface area contributed by atoms with Crippen LogP contribution in [-0.4, -0.2) is 6.04 Å². The minimum Gasteiger partial charge on any atom is -0.328 e. The third kappa shape index (κ3) is 2.85. The van der Waals surface area contributed by atoms with Crippen molar-refractivity contribution < 1.29 is 0 Å². The molecular weight excluding hydrogens is 194 g/mol. The molecule has 0 heterocycles. The maximum absolute atomic E-state index is 5.93. The Bertz CT molecular complexity index is 348. The van der Waals surface area contributed by atoms with Crippen molar-refractivity contribution in [3.63, 3.8) is 0 Å². The van der Waals surface area contributed by atoms with Gasteiger partial charge in [-0.15, -0.1) is 0 Å². The summed E-state index contributed by atoms with van der Waals surface area (Å²) >= 11 is 0. The van der Waals surface area contributed by atoms with Gasteiger partial charge in [0.2, 0.25) is 0 Å². The van der Waals surface area contributed by atoms with Crippen molar-refractivity contribution in [3.8, 4) is 0 Å². The summed E-state index contributed by atoms with van der Waals surface area (Å²) in [5.74, 6) is 0.863. The second-order valence-electron chi connectivity index (χ2n) is 5.40. The molecule has 88 valence electrons. The fourth-order valence-electron chi connectivity index (χ4n) is 2.66. The van der Waals surface area contributed by atoms with Gasteiger partial charge in [-0.2, -0.15) is 0 Å². The summed E-state index contributed by atoms with van der Waals surface area (Å²) in [7, 11) is 0.